The molecule has 0 aromatic rings. The van der Waals surface area contributed by atoms with E-state index in [1.54, 1.807) is 0 Å². The summed E-state index contributed by atoms with van der Waals surface area (Å²) in [4.78, 5) is 34.0. The van der Waals surface area contributed by atoms with Gasteiger partial charge in [-0.05, 0) is 0 Å². The molecule has 2 unspecified atom stereocenters. The second-order valence-corrected chi connectivity index (χ2v) is 6.91. The fourth-order valence-corrected chi connectivity index (χ4v) is 3.70. The highest BCUT2D eigenvalue weighted by atomic mass is 31.3. The van der Waals surface area contributed by atoms with Crippen LogP contribution in [0, 0.1) is 0 Å². The first kappa shape index (κ1) is 15.9. The average Bonchev–Trinajstić information content (AvgIpc) is 1.93. The molecule has 9 nitrogen and oxygen atoms in total. The molecule has 94 valence electrons. The van der Waals surface area contributed by atoms with Gasteiger partial charge < -0.3 is 19.6 Å². The van der Waals surface area contributed by atoms with Gasteiger partial charge in [0, 0.05) is 5.82 Å². The van der Waals surface area contributed by atoms with E-state index in [0.717, 1.165) is 12.2 Å². The van der Waals surface area contributed by atoms with Crippen molar-refractivity contribution in [1.29, 1.82) is 0 Å². The molecule has 0 spiro atoms. The molecule has 0 amide bonds. The smallest absolute Gasteiger partial charge is 0.321 e. The summed E-state index contributed by atoms with van der Waals surface area (Å²) in [6.07, 6.45) is 2.02. The van der Waals surface area contributed by atoms with E-state index in [1.165, 1.54) is 0 Å². The maximum atomic E-state index is 11.0. The van der Waals surface area contributed by atoms with Gasteiger partial charge in [0.05, 0.1) is 0 Å². The van der Waals surface area contributed by atoms with Crippen LogP contribution in [0.1, 0.15) is 0 Å². The Bertz CT molecular complexity index is 418. The summed E-state index contributed by atoms with van der Waals surface area (Å²) < 4.78 is 39.0. The Kier molecular flexibility index (Phi) is 5.49. The largest absolute Gasteiger partial charge is 0.488 e. The zero-order valence-corrected chi connectivity index (χ0v) is 10.3. The highest BCUT2D eigenvalue weighted by Gasteiger charge is 2.38. The van der Waals surface area contributed by atoms with Crippen molar-refractivity contribution in [1.82, 2.24) is 0 Å². The lowest BCUT2D eigenvalue weighted by Crippen LogP contribution is -1.91. The Morgan fingerprint density at radius 2 is 1.50 bits per heavy atom. The lowest BCUT2D eigenvalue weighted by Gasteiger charge is -2.13. The van der Waals surface area contributed by atoms with Gasteiger partial charge in [0.2, 0.25) is 0 Å². The topological polar surface area (TPSA) is 151 Å². The Labute approximate surface area is 90.4 Å². The molecule has 0 fully saturated rings. The number of allylic oxidation sites excluding steroid dienone is 2. The maximum Gasteiger partial charge on any atom is 0.488 e. The van der Waals surface area contributed by atoms with Crippen molar-refractivity contribution in [2.24, 2.45) is 0 Å². The Hall–Kier alpha value is -0.0700. The van der Waals surface area contributed by atoms with Crippen molar-refractivity contribution in [2.75, 3.05) is 0 Å². The molecule has 0 radical (unpaired) electrons. The zero-order chi connectivity index (χ0) is 13.0. The lowest BCUT2D eigenvalue weighted by molar-refractivity contribution is 0.224. The zero-order valence-electron chi connectivity index (χ0n) is 7.61. The third kappa shape index (κ3) is 8.13. The average molecular weight is 294 g/mol. The van der Waals surface area contributed by atoms with E-state index in [2.05, 4.69) is 15.2 Å². The van der Waals surface area contributed by atoms with Crippen LogP contribution in [0.3, 0.4) is 0 Å². The normalized spacial score (nSPS) is 20.2. The summed E-state index contributed by atoms with van der Waals surface area (Å²) >= 11 is 0. The van der Waals surface area contributed by atoms with Crippen molar-refractivity contribution in [3.05, 3.63) is 24.5 Å². The predicted octanol–water partition coefficient (Wildman–Crippen LogP) is 1.10. The van der Waals surface area contributed by atoms with E-state index in [-0.39, 0.29) is 0 Å². The maximum absolute atomic E-state index is 11.0. The van der Waals surface area contributed by atoms with Crippen LogP contribution in [0.4, 0.5) is 0 Å². The van der Waals surface area contributed by atoms with Crippen LogP contribution in [0.25, 0.3) is 0 Å². The van der Waals surface area contributed by atoms with Crippen molar-refractivity contribution in [3.63, 3.8) is 0 Å². The minimum atomic E-state index is -5.34. The van der Waals surface area contributed by atoms with Crippen molar-refractivity contribution in [3.8, 4) is 0 Å². The summed E-state index contributed by atoms with van der Waals surface area (Å²) in [6, 6.07) is 0. The van der Waals surface area contributed by atoms with E-state index in [1.807, 2.05) is 0 Å². The molecule has 16 heavy (non-hydrogen) atoms. The highest BCUT2D eigenvalue weighted by molar-refractivity contribution is 7.69. The summed E-state index contributed by atoms with van der Waals surface area (Å²) in [5.74, 6) is 0.492. The third-order valence-electron chi connectivity index (χ3n) is 0.840. The van der Waals surface area contributed by atoms with Gasteiger partial charge in [-0.1, -0.05) is 18.7 Å². The van der Waals surface area contributed by atoms with E-state index < -0.39 is 23.2 Å². The molecule has 12 heteroatoms. The van der Waals surface area contributed by atoms with Crippen LogP contribution in [-0.4, -0.2) is 19.6 Å². The van der Waals surface area contributed by atoms with E-state index in [0.29, 0.717) is 5.82 Å². The van der Waals surface area contributed by atoms with Gasteiger partial charge in [-0.25, -0.2) is 13.4 Å². The summed E-state index contributed by atoms with van der Waals surface area (Å²) in [7, 11) is -15.3. The van der Waals surface area contributed by atoms with Crippen LogP contribution in [0.15, 0.2) is 24.5 Å². The van der Waals surface area contributed by atoms with E-state index in [9.17, 15) is 13.7 Å². The fraction of sp³-hybridized carbons (Fsp3) is 0. The van der Waals surface area contributed by atoms with Crippen LogP contribution in [0.5, 0.6) is 0 Å². The number of phosphoric acid groups is 2. The quantitative estimate of drug-likeness (QED) is 0.416. The van der Waals surface area contributed by atoms with Crippen molar-refractivity contribution in [2.45, 2.75) is 0 Å². The minimum Gasteiger partial charge on any atom is -0.321 e. The first-order chi connectivity index (χ1) is 6.97. The molecule has 4 N–H and O–H groups in total. The van der Waals surface area contributed by atoms with E-state index >= 15 is 0 Å². The second kappa shape index (κ2) is 5.51. The predicted molar refractivity (Wildman–Crippen MR) is 53.2 cm³/mol. The molecule has 0 aromatic carbocycles. The van der Waals surface area contributed by atoms with Crippen LogP contribution in [-0.2, 0) is 22.3 Å². The van der Waals surface area contributed by atoms with Crippen LogP contribution >= 0.6 is 23.2 Å². The standard InChI is InChI=1S/C4H9O9P3/c1-2-3-4-14(5,6)12-16(10,11)13-15(7,8)9/h2-4H,1H2,(H,5,6)(H,10,11)(H2,7,8,9)/b4-3+. The molecule has 0 saturated heterocycles. The SMILES string of the molecule is C=C/C=C/P(=O)(O)OP(=O)(O)OP(=O)(O)O. The van der Waals surface area contributed by atoms with Gasteiger partial charge >= 0.3 is 23.2 Å². The lowest BCUT2D eigenvalue weighted by atomic mass is 10.6. The molecule has 2 atom stereocenters. The van der Waals surface area contributed by atoms with E-state index in [4.69, 9.17) is 19.6 Å². The second-order valence-electron chi connectivity index (χ2n) is 2.26. The van der Waals surface area contributed by atoms with Crippen molar-refractivity contribution < 1.29 is 41.9 Å². The Morgan fingerprint density at radius 3 is 1.88 bits per heavy atom. The first-order valence-corrected chi connectivity index (χ1v) is 8.08. The molecule has 0 heterocycles. The molecule has 0 saturated carbocycles. The van der Waals surface area contributed by atoms with Crippen LogP contribution in [0.2, 0.25) is 0 Å². The third-order valence-corrected chi connectivity index (χ3v) is 4.83. The molecular formula is C4H9O9P3. The molecule has 0 bridgehead atoms. The number of hydrogen-bond donors (Lipinski definition) is 4. The van der Waals surface area contributed by atoms with Gasteiger partial charge in [-0.3, -0.25) is 4.57 Å². The minimum absolute atomic E-state index is 0.492. The molecule has 0 aliphatic rings. The van der Waals surface area contributed by atoms with Gasteiger partial charge in [-0.15, -0.1) is 0 Å². The van der Waals surface area contributed by atoms with Crippen LogP contribution < -0.4 is 0 Å². The Morgan fingerprint density at radius 1 is 1.00 bits per heavy atom. The molecule has 0 aliphatic heterocycles. The molecule has 0 aromatic heterocycles. The van der Waals surface area contributed by atoms with Crippen molar-refractivity contribution >= 4 is 23.2 Å². The molecule has 0 aliphatic carbocycles. The molecular weight excluding hydrogens is 285 g/mol. The van der Waals surface area contributed by atoms with Gasteiger partial charge in [0.1, 0.15) is 0 Å². The number of rotatable bonds is 6. The number of hydrogen-bond acceptors (Lipinski definition) is 5. The molecule has 0 rings (SSSR count). The summed E-state index contributed by atoms with van der Waals surface area (Å²) in [6.45, 7) is 3.16. The monoisotopic (exact) mass is 294 g/mol. The Balaban J connectivity index is 4.78. The van der Waals surface area contributed by atoms with Gasteiger partial charge in [0.25, 0.3) is 0 Å². The highest BCUT2D eigenvalue weighted by Crippen LogP contribution is 2.66. The van der Waals surface area contributed by atoms with Gasteiger partial charge in [0.15, 0.2) is 0 Å². The summed E-state index contributed by atoms with van der Waals surface area (Å²) in [5.41, 5.74) is 0. The fourth-order valence-electron chi connectivity index (χ4n) is 0.494. The summed E-state index contributed by atoms with van der Waals surface area (Å²) in [5, 5.41) is 0. The first-order valence-electron chi connectivity index (χ1n) is 3.41. The van der Waals surface area contributed by atoms with Gasteiger partial charge in [-0.2, -0.15) is 4.31 Å².